The van der Waals surface area contributed by atoms with Crippen LogP contribution in [-0.2, 0) is 9.59 Å². The molecular formula is C16H12F4N4O2. The minimum Gasteiger partial charge on any atom is -0.326 e. The summed E-state index contributed by atoms with van der Waals surface area (Å²) in [5.41, 5.74) is -2.07. The molecule has 6 nitrogen and oxygen atoms in total. The van der Waals surface area contributed by atoms with Crippen molar-refractivity contribution < 1.29 is 27.2 Å². The van der Waals surface area contributed by atoms with Crippen LogP contribution in [0, 0.1) is 23.3 Å². The summed E-state index contributed by atoms with van der Waals surface area (Å²) in [6.45, 7) is 2.30. The van der Waals surface area contributed by atoms with Gasteiger partial charge in [0.25, 0.3) is 0 Å². The molecule has 0 bridgehead atoms. The number of amides is 2. The lowest BCUT2D eigenvalue weighted by atomic mass is 10.2. The van der Waals surface area contributed by atoms with E-state index in [0.717, 1.165) is 38.1 Å². The van der Waals surface area contributed by atoms with Crippen LogP contribution in [0.4, 0.5) is 40.3 Å². The normalized spacial score (nSPS) is 10.8. The molecule has 0 atom stereocenters. The van der Waals surface area contributed by atoms with Crippen molar-refractivity contribution in [3.8, 4) is 0 Å². The van der Waals surface area contributed by atoms with E-state index >= 15 is 0 Å². The number of halogens is 4. The number of nitrogens with zero attached hydrogens (tertiary/aromatic N) is 2. The number of hydrogen-bond acceptors (Lipinski definition) is 4. The molecular weight excluding hydrogens is 356 g/mol. The average Bonchev–Trinajstić information content (AvgIpc) is 2.47. The minimum absolute atomic E-state index is 0.150. The Morgan fingerprint density at radius 2 is 0.962 bits per heavy atom. The summed E-state index contributed by atoms with van der Waals surface area (Å²) in [7, 11) is 0. The van der Waals surface area contributed by atoms with E-state index in [0.29, 0.717) is 0 Å². The largest absolute Gasteiger partial charge is 0.326 e. The van der Waals surface area contributed by atoms with E-state index < -0.39 is 46.5 Å². The quantitative estimate of drug-likeness (QED) is 0.612. The van der Waals surface area contributed by atoms with Crippen LogP contribution in [0.2, 0.25) is 0 Å². The molecule has 0 unspecified atom stereocenters. The molecule has 0 aliphatic carbocycles. The van der Waals surface area contributed by atoms with Gasteiger partial charge in [-0.15, -0.1) is 10.2 Å². The lowest BCUT2D eigenvalue weighted by molar-refractivity contribution is -0.115. The molecule has 136 valence electrons. The number of anilines is 2. The maximum atomic E-state index is 13.9. The number of rotatable bonds is 4. The average molecular weight is 368 g/mol. The monoisotopic (exact) mass is 368 g/mol. The second-order valence-corrected chi connectivity index (χ2v) is 5.14. The van der Waals surface area contributed by atoms with Gasteiger partial charge in [0.1, 0.15) is 0 Å². The fourth-order valence-corrected chi connectivity index (χ4v) is 1.97. The molecule has 0 aliphatic rings. The minimum atomic E-state index is -1.19. The molecule has 0 aliphatic heterocycles. The highest BCUT2D eigenvalue weighted by Crippen LogP contribution is 2.31. The molecule has 0 fully saturated rings. The van der Waals surface area contributed by atoms with E-state index in [9.17, 15) is 27.2 Å². The molecule has 0 aromatic heterocycles. The van der Waals surface area contributed by atoms with Gasteiger partial charge in [-0.05, 0) is 24.3 Å². The maximum Gasteiger partial charge on any atom is 0.221 e. The number of benzene rings is 2. The van der Waals surface area contributed by atoms with Crippen LogP contribution in [-0.4, -0.2) is 11.8 Å². The smallest absolute Gasteiger partial charge is 0.221 e. The predicted molar refractivity (Wildman–Crippen MR) is 85.5 cm³/mol. The van der Waals surface area contributed by atoms with E-state index in [2.05, 4.69) is 20.9 Å². The number of carbonyl (C=O) groups excluding carboxylic acids is 2. The molecule has 0 heterocycles. The first kappa shape index (κ1) is 19.0. The maximum absolute atomic E-state index is 13.9. The molecule has 2 aromatic rings. The van der Waals surface area contributed by atoms with Gasteiger partial charge in [-0.25, -0.2) is 17.6 Å². The van der Waals surface area contributed by atoms with Gasteiger partial charge in [-0.3, -0.25) is 9.59 Å². The van der Waals surface area contributed by atoms with Gasteiger partial charge in [0, 0.05) is 25.2 Å². The van der Waals surface area contributed by atoms with Crippen molar-refractivity contribution in [2.75, 3.05) is 10.6 Å². The van der Waals surface area contributed by atoms with E-state index in [1.807, 2.05) is 0 Å². The molecule has 2 aromatic carbocycles. The van der Waals surface area contributed by atoms with Crippen molar-refractivity contribution in [1.82, 2.24) is 0 Å². The number of azo groups is 1. The highest BCUT2D eigenvalue weighted by Gasteiger charge is 2.15. The van der Waals surface area contributed by atoms with Gasteiger partial charge in [0.2, 0.25) is 11.8 Å². The van der Waals surface area contributed by atoms with Crippen molar-refractivity contribution in [1.29, 1.82) is 0 Å². The van der Waals surface area contributed by atoms with Crippen LogP contribution in [0.5, 0.6) is 0 Å². The zero-order valence-corrected chi connectivity index (χ0v) is 13.5. The predicted octanol–water partition coefficient (Wildman–Crippen LogP) is 4.58. The summed E-state index contributed by atoms with van der Waals surface area (Å²) < 4.78 is 55.6. The number of nitrogens with one attached hydrogen (secondary N) is 2. The van der Waals surface area contributed by atoms with Crippen LogP contribution in [0.15, 0.2) is 34.5 Å². The molecule has 2 amide bonds. The van der Waals surface area contributed by atoms with Crippen molar-refractivity contribution in [3.05, 3.63) is 47.5 Å². The standard InChI is InChI=1S/C16H12F4N4O2/c1-7(25)21-9-3-11(17)15(12(18)4-9)23-24-16-13(19)5-10(6-14(16)20)22-8(2)26/h3-6H,1-2H3,(H,21,25)(H,22,26). The van der Waals surface area contributed by atoms with Crippen molar-refractivity contribution in [2.45, 2.75) is 13.8 Å². The fourth-order valence-electron chi connectivity index (χ4n) is 1.97. The highest BCUT2D eigenvalue weighted by atomic mass is 19.1. The van der Waals surface area contributed by atoms with E-state index in [1.165, 1.54) is 0 Å². The summed E-state index contributed by atoms with van der Waals surface area (Å²) in [6, 6.07) is 3.13. The lowest BCUT2D eigenvalue weighted by Gasteiger charge is -2.06. The Bertz CT molecular complexity index is 796. The summed E-state index contributed by atoms with van der Waals surface area (Å²) in [5.74, 6) is -5.83. The molecule has 26 heavy (non-hydrogen) atoms. The Hall–Kier alpha value is -3.30. The fraction of sp³-hybridized carbons (Fsp3) is 0.125. The molecule has 0 spiro atoms. The Morgan fingerprint density at radius 3 is 1.19 bits per heavy atom. The van der Waals surface area contributed by atoms with Gasteiger partial charge in [0.15, 0.2) is 34.6 Å². The van der Waals surface area contributed by atoms with E-state index in [4.69, 9.17) is 0 Å². The summed E-state index contributed by atoms with van der Waals surface area (Å²) in [4.78, 5) is 21.8. The molecule has 0 saturated carbocycles. The Kier molecular flexibility index (Phi) is 5.65. The van der Waals surface area contributed by atoms with E-state index in [1.54, 1.807) is 0 Å². The zero-order valence-electron chi connectivity index (χ0n) is 13.5. The third-order valence-corrected chi connectivity index (χ3v) is 2.92. The number of hydrogen-bond donors (Lipinski definition) is 2. The summed E-state index contributed by atoms with van der Waals surface area (Å²) in [5, 5.41) is 10.8. The van der Waals surface area contributed by atoms with Crippen LogP contribution in [0.3, 0.4) is 0 Å². The summed E-state index contributed by atoms with van der Waals surface area (Å²) >= 11 is 0. The second kappa shape index (κ2) is 7.72. The molecule has 2 N–H and O–H groups in total. The summed E-state index contributed by atoms with van der Waals surface area (Å²) in [6.07, 6.45) is 0. The van der Waals surface area contributed by atoms with Crippen molar-refractivity contribution in [3.63, 3.8) is 0 Å². The van der Waals surface area contributed by atoms with Crippen LogP contribution < -0.4 is 10.6 Å². The topological polar surface area (TPSA) is 82.9 Å². The number of carbonyl (C=O) groups is 2. The third-order valence-electron chi connectivity index (χ3n) is 2.92. The Morgan fingerprint density at radius 1 is 0.692 bits per heavy atom. The van der Waals surface area contributed by atoms with Gasteiger partial charge in [-0.1, -0.05) is 0 Å². The van der Waals surface area contributed by atoms with Crippen LogP contribution in [0.25, 0.3) is 0 Å². The lowest BCUT2D eigenvalue weighted by Crippen LogP contribution is -2.06. The van der Waals surface area contributed by atoms with Gasteiger partial charge in [0.05, 0.1) is 0 Å². The first-order valence-electron chi connectivity index (χ1n) is 7.12. The highest BCUT2D eigenvalue weighted by molar-refractivity contribution is 5.89. The zero-order chi connectivity index (χ0) is 19.4. The van der Waals surface area contributed by atoms with Gasteiger partial charge < -0.3 is 10.6 Å². The SMILES string of the molecule is CC(=O)Nc1cc(F)c(N=Nc2c(F)cc(NC(C)=O)cc2F)c(F)c1. The molecule has 10 heteroatoms. The first-order chi connectivity index (χ1) is 12.2. The molecule has 0 saturated heterocycles. The van der Waals surface area contributed by atoms with Gasteiger partial charge >= 0.3 is 0 Å². The third kappa shape index (κ3) is 4.62. The molecule has 0 radical (unpaired) electrons. The van der Waals surface area contributed by atoms with Crippen LogP contribution >= 0.6 is 0 Å². The van der Waals surface area contributed by atoms with E-state index in [-0.39, 0.29) is 11.4 Å². The molecule has 2 rings (SSSR count). The van der Waals surface area contributed by atoms with Crippen molar-refractivity contribution >= 4 is 34.6 Å². The Labute approximate surface area is 144 Å². The first-order valence-corrected chi connectivity index (χ1v) is 7.12. The van der Waals surface area contributed by atoms with Crippen molar-refractivity contribution in [2.24, 2.45) is 10.2 Å². The Balaban J connectivity index is 2.35. The van der Waals surface area contributed by atoms with Crippen LogP contribution in [0.1, 0.15) is 13.8 Å². The van der Waals surface area contributed by atoms with Gasteiger partial charge in [-0.2, -0.15) is 0 Å². The second-order valence-electron chi connectivity index (χ2n) is 5.14.